The number of aromatic nitrogens is 2. The Kier molecular flexibility index (Phi) is 10.2. The first-order valence-corrected chi connectivity index (χ1v) is 11.2. The van der Waals surface area contributed by atoms with Crippen molar-refractivity contribution in [1.82, 2.24) is 9.97 Å². The van der Waals surface area contributed by atoms with E-state index in [1.165, 1.54) is 11.1 Å². The van der Waals surface area contributed by atoms with E-state index in [1.807, 2.05) is 51.3 Å². The standard InChI is InChI=1S/C25H29N3O3.C2H6/c1-6-8-19-16-26-25(28-21(19)13-18-11-9-17(7-2)10-12-18)27-20-14-22(29-3)24(31-5)23(15-20)30-4;1-2/h6,8-12,14-16H,7,13H2,1-5H3,(H,26,27,28);1-2H3/b8-6-;. The maximum absolute atomic E-state index is 5.43. The smallest absolute Gasteiger partial charge is 0.227 e. The molecule has 0 bridgehead atoms. The molecule has 1 aromatic heterocycles. The van der Waals surface area contributed by atoms with Crippen molar-refractivity contribution in [3.05, 3.63) is 71.1 Å². The minimum absolute atomic E-state index is 0.503. The van der Waals surface area contributed by atoms with Crippen molar-refractivity contribution < 1.29 is 14.2 Å². The molecule has 0 saturated heterocycles. The second kappa shape index (κ2) is 13.1. The first kappa shape index (κ1) is 25.7. The molecular formula is C27H35N3O3. The van der Waals surface area contributed by atoms with Gasteiger partial charge in [-0.25, -0.2) is 9.97 Å². The molecule has 2 aromatic carbocycles. The Labute approximate surface area is 197 Å². The van der Waals surface area contributed by atoms with E-state index in [0.717, 1.165) is 29.8 Å². The van der Waals surface area contributed by atoms with Crippen LogP contribution in [0.25, 0.3) is 6.08 Å². The Hall–Kier alpha value is -3.54. The number of allylic oxidation sites excluding steroid dienone is 1. The summed E-state index contributed by atoms with van der Waals surface area (Å²) in [5, 5.41) is 3.26. The van der Waals surface area contributed by atoms with Crippen molar-refractivity contribution in [3.8, 4) is 17.2 Å². The predicted molar refractivity (Wildman–Crippen MR) is 136 cm³/mol. The lowest BCUT2D eigenvalue weighted by atomic mass is 10.0. The number of aryl methyl sites for hydroxylation is 1. The molecule has 0 spiro atoms. The highest BCUT2D eigenvalue weighted by atomic mass is 16.5. The Bertz CT molecular complexity index is 1020. The van der Waals surface area contributed by atoms with E-state index in [0.29, 0.717) is 23.2 Å². The van der Waals surface area contributed by atoms with E-state index in [9.17, 15) is 0 Å². The van der Waals surface area contributed by atoms with Crippen molar-refractivity contribution in [3.63, 3.8) is 0 Å². The summed E-state index contributed by atoms with van der Waals surface area (Å²) < 4.78 is 16.3. The first-order valence-electron chi connectivity index (χ1n) is 11.2. The van der Waals surface area contributed by atoms with E-state index in [-0.39, 0.29) is 0 Å². The van der Waals surface area contributed by atoms with Gasteiger partial charge in [-0.15, -0.1) is 0 Å². The molecule has 1 N–H and O–H groups in total. The second-order valence-electron chi connectivity index (χ2n) is 6.98. The summed E-state index contributed by atoms with van der Waals surface area (Å²) in [5.41, 5.74) is 5.22. The molecular weight excluding hydrogens is 414 g/mol. The zero-order chi connectivity index (χ0) is 24.2. The molecule has 3 aromatic rings. The molecule has 0 aliphatic carbocycles. The van der Waals surface area contributed by atoms with Gasteiger partial charge >= 0.3 is 0 Å². The molecule has 0 unspecified atom stereocenters. The van der Waals surface area contributed by atoms with Crippen LogP contribution in [0.1, 0.15) is 50.1 Å². The second-order valence-corrected chi connectivity index (χ2v) is 6.98. The molecule has 6 heteroatoms. The zero-order valence-electron chi connectivity index (χ0n) is 20.7. The number of hydrogen-bond acceptors (Lipinski definition) is 6. The number of nitrogens with zero attached hydrogens (tertiary/aromatic N) is 2. The molecule has 0 radical (unpaired) electrons. The van der Waals surface area contributed by atoms with Crippen molar-refractivity contribution in [1.29, 1.82) is 0 Å². The summed E-state index contributed by atoms with van der Waals surface area (Å²) in [7, 11) is 4.76. The van der Waals surface area contributed by atoms with Crippen LogP contribution >= 0.6 is 0 Å². The predicted octanol–water partition coefficient (Wildman–Crippen LogP) is 6.46. The monoisotopic (exact) mass is 449 g/mol. The zero-order valence-corrected chi connectivity index (χ0v) is 20.7. The number of anilines is 2. The third-order valence-electron chi connectivity index (χ3n) is 4.97. The summed E-state index contributed by atoms with van der Waals surface area (Å²) in [6, 6.07) is 12.3. The Morgan fingerprint density at radius 3 is 2.03 bits per heavy atom. The third kappa shape index (κ3) is 6.72. The Morgan fingerprint density at radius 1 is 0.909 bits per heavy atom. The number of methoxy groups -OCH3 is 3. The fraction of sp³-hybridized carbons (Fsp3) is 0.333. The molecule has 0 fully saturated rings. The lowest BCUT2D eigenvalue weighted by molar-refractivity contribution is 0.324. The topological polar surface area (TPSA) is 65.5 Å². The quantitative estimate of drug-likeness (QED) is 0.404. The lowest BCUT2D eigenvalue weighted by Crippen LogP contribution is -2.04. The van der Waals surface area contributed by atoms with E-state index in [2.05, 4.69) is 41.5 Å². The SMILES string of the molecule is C/C=C\c1cnc(Nc2cc(OC)c(OC)c(OC)c2)nc1Cc1ccc(CC)cc1.CC. The number of ether oxygens (including phenoxy) is 3. The van der Waals surface area contributed by atoms with Crippen molar-refractivity contribution in [2.75, 3.05) is 26.6 Å². The normalized spacial score (nSPS) is 10.4. The summed E-state index contributed by atoms with van der Waals surface area (Å²) in [6.45, 7) is 8.15. The molecule has 6 nitrogen and oxygen atoms in total. The molecule has 3 rings (SSSR count). The van der Waals surface area contributed by atoms with Crippen molar-refractivity contribution >= 4 is 17.7 Å². The Morgan fingerprint density at radius 2 is 1.52 bits per heavy atom. The van der Waals surface area contributed by atoms with E-state index in [4.69, 9.17) is 19.2 Å². The van der Waals surface area contributed by atoms with Crippen LogP contribution in [0.15, 0.2) is 48.7 Å². The van der Waals surface area contributed by atoms with Crippen LogP contribution in [-0.4, -0.2) is 31.3 Å². The average molecular weight is 450 g/mol. The van der Waals surface area contributed by atoms with Crippen LogP contribution in [0, 0.1) is 0 Å². The van der Waals surface area contributed by atoms with Gasteiger partial charge < -0.3 is 19.5 Å². The Balaban J connectivity index is 0.00000187. The van der Waals surface area contributed by atoms with Gasteiger partial charge in [0.25, 0.3) is 0 Å². The van der Waals surface area contributed by atoms with Crippen LogP contribution < -0.4 is 19.5 Å². The maximum Gasteiger partial charge on any atom is 0.227 e. The molecule has 0 aliphatic rings. The van der Waals surface area contributed by atoms with Crippen LogP contribution in [0.2, 0.25) is 0 Å². The third-order valence-corrected chi connectivity index (χ3v) is 4.97. The summed E-state index contributed by atoms with van der Waals surface area (Å²) in [4.78, 5) is 9.28. The highest BCUT2D eigenvalue weighted by Gasteiger charge is 2.14. The van der Waals surface area contributed by atoms with Gasteiger partial charge in [0.15, 0.2) is 11.5 Å². The molecule has 176 valence electrons. The molecule has 0 aliphatic heterocycles. The van der Waals surface area contributed by atoms with Crippen molar-refractivity contribution in [2.45, 2.75) is 40.5 Å². The fourth-order valence-electron chi connectivity index (χ4n) is 3.32. The van der Waals surface area contributed by atoms with Crippen LogP contribution in [0.5, 0.6) is 17.2 Å². The van der Waals surface area contributed by atoms with Gasteiger partial charge in [0.05, 0.1) is 27.0 Å². The summed E-state index contributed by atoms with van der Waals surface area (Å²) in [6.07, 6.45) is 7.60. The van der Waals surface area contributed by atoms with E-state index < -0.39 is 0 Å². The molecule has 1 heterocycles. The fourth-order valence-corrected chi connectivity index (χ4v) is 3.32. The van der Waals surface area contributed by atoms with Gasteiger partial charge in [-0.3, -0.25) is 0 Å². The van der Waals surface area contributed by atoms with Gasteiger partial charge in [0, 0.05) is 36.0 Å². The molecule has 0 atom stereocenters. The molecule has 0 saturated carbocycles. The largest absolute Gasteiger partial charge is 0.493 e. The van der Waals surface area contributed by atoms with Crippen LogP contribution in [0.4, 0.5) is 11.6 Å². The van der Waals surface area contributed by atoms with Gasteiger partial charge in [0.1, 0.15) is 0 Å². The number of hydrogen-bond donors (Lipinski definition) is 1. The van der Waals surface area contributed by atoms with Crippen LogP contribution in [-0.2, 0) is 12.8 Å². The van der Waals surface area contributed by atoms with Gasteiger partial charge in [-0.05, 0) is 24.5 Å². The average Bonchev–Trinajstić information content (AvgIpc) is 2.86. The minimum Gasteiger partial charge on any atom is -0.493 e. The van der Waals surface area contributed by atoms with Gasteiger partial charge in [0.2, 0.25) is 11.7 Å². The first-order chi connectivity index (χ1) is 16.1. The van der Waals surface area contributed by atoms with Crippen LogP contribution in [0.3, 0.4) is 0 Å². The highest BCUT2D eigenvalue weighted by Crippen LogP contribution is 2.40. The van der Waals surface area contributed by atoms with Gasteiger partial charge in [-0.1, -0.05) is 57.2 Å². The van der Waals surface area contributed by atoms with Gasteiger partial charge in [-0.2, -0.15) is 0 Å². The lowest BCUT2D eigenvalue weighted by Gasteiger charge is -2.15. The number of rotatable bonds is 9. The van der Waals surface area contributed by atoms with Crippen molar-refractivity contribution in [2.24, 2.45) is 0 Å². The van der Waals surface area contributed by atoms with E-state index in [1.54, 1.807) is 21.3 Å². The molecule has 33 heavy (non-hydrogen) atoms. The highest BCUT2D eigenvalue weighted by molar-refractivity contribution is 5.66. The number of nitrogens with one attached hydrogen (secondary N) is 1. The molecule has 0 amide bonds. The summed E-state index contributed by atoms with van der Waals surface area (Å²) >= 11 is 0. The minimum atomic E-state index is 0.503. The van der Waals surface area contributed by atoms with E-state index >= 15 is 0 Å². The summed E-state index contributed by atoms with van der Waals surface area (Å²) in [5.74, 6) is 2.16. The number of benzene rings is 2. The maximum atomic E-state index is 5.43.